The van der Waals surface area contributed by atoms with Crippen molar-refractivity contribution in [2.24, 2.45) is 0 Å². The minimum absolute atomic E-state index is 0.0820. The van der Waals surface area contributed by atoms with Crippen molar-refractivity contribution in [3.05, 3.63) is 59.2 Å². The predicted octanol–water partition coefficient (Wildman–Crippen LogP) is 4.02. The van der Waals surface area contributed by atoms with Gasteiger partial charge in [0.05, 0.1) is 19.9 Å². The number of carbonyl (C=O) groups is 1. The molecule has 0 aromatic heterocycles. The molecule has 126 valence electrons. The molecule has 0 saturated carbocycles. The second-order valence-corrected chi connectivity index (χ2v) is 5.02. The van der Waals surface area contributed by atoms with Crippen molar-refractivity contribution in [3.8, 4) is 11.5 Å². The third-order valence-electron chi connectivity index (χ3n) is 3.33. The van der Waals surface area contributed by atoms with Crippen molar-refractivity contribution < 1.29 is 23.0 Å². The van der Waals surface area contributed by atoms with Crippen LogP contribution in [0.25, 0.3) is 6.08 Å². The molecule has 0 spiro atoms. The maximum Gasteiger partial charge on any atom is 0.251 e. The molecular formula is C18H17F2NO3. The van der Waals surface area contributed by atoms with E-state index in [1.165, 1.54) is 20.3 Å². The second kappa shape index (κ2) is 7.59. The van der Waals surface area contributed by atoms with Crippen LogP contribution < -0.4 is 14.8 Å². The Morgan fingerprint density at radius 1 is 1.04 bits per heavy atom. The molecule has 0 heterocycles. The number of methoxy groups -OCH3 is 2. The number of amides is 1. The lowest BCUT2D eigenvalue weighted by atomic mass is 10.1. The van der Waals surface area contributed by atoms with Gasteiger partial charge in [-0.3, -0.25) is 4.79 Å². The number of benzene rings is 2. The first-order chi connectivity index (χ1) is 11.4. The Bertz CT molecular complexity index is 788. The van der Waals surface area contributed by atoms with E-state index in [4.69, 9.17) is 9.47 Å². The highest BCUT2D eigenvalue weighted by atomic mass is 19.1. The van der Waals surface area contributed by atoms with Gasteiger partial charge in [-0.2, -0.15) is 0 Å². The minimum Gasteiger partial charge on any atom is -0.493 e. The average Bonchev–Trinajstić information content (AvgIpc) is 2.57. The van der Waals surface area contributed by atoms with Gasteiger partial charge in [-0.15, -0.1) is 0 Å². The SMILES string of the molecule is COc1ccc(/C=C(\C)C(=O)Nc2ccc(F)cc2F)cc1OC. The van der Waals surface area contributed by atoms with Crippen molar-refractivity contribution in [1.29, 1.82) is 0 Å². The van der Waals surface area contributed by atoms with Crippen LogP contribution in [-0.4, -0.2) is 20.1 Å². The lowest BCUT2D eigenvalue weighted by Crippen LogP contribution is -2.13. The molecule has 1 amide bonds. The van der Waals surface area contributed by atoms with Gasteiger partial charge in [0.25, 0.3) is 5.91 Å². The van der Waals surface area contributed by atoms with E-state index in [1.807, 2.05) is 0 Å². The molecular weight excluding hydrogens is 316 g/mol. The van der Waals surface area contributed by atoms with Crippen molar-refractivity contribution in [3.63, 3.8) is 0 Å². The summed E-state index contributed by atoms with van der Waals surface area (Å²) in [5.41, 5.74) is 0.993. The smallest absolute Gasteiger partial charge is 0.251 e. The standard InChI is InChI=1S/C18H17F2NO3/c1-11(8-12-4-7-16(23-2)17(9-12)24-3)18(22)21-15-6-5-13(19)10-14(15)20/h4-10H,1-3H3,(H,21,22)/b11-8+. The Kier molecular flexibility index (Phi) is 5.52. The van der Waals surface area contributed by atoms with E-state index >= 15 is 0 Å². The van der Waals surface area contributed by atoms with Crippen molar-refractivity contribution in [2.45, 2.75) is 6.92 Å². The van der Waals surface area contributed by atoms with E-state index in [2.05, 4.69) is 5.32 Å². The number of ether oxygens (including phenoxy) is 2. The highest BCUT2D eigenvalue weighted by Crippen LogP contribution is 2.28. The first kappa shape index (κ1) is 17.5. The normalized spacial score (nSPS) is 11.1. The van der Waals surface area contributed by atoms with Gasteiger partial charge < -0.3 is 14.8 Å². The highest BCUT2D eigenvalue weighted by Gasteiger charge is 2.10. The van der Waals surface area contributed by atoms with Crippen LogP contribution in [0.15, 0.2) is 42.0 Å². The summed E-state index contributed by atoms with van der Waals surface area (Å²) in [6.45, 7) is 1.59. The molecule has 24 heavy (non-hydrogen) atoms. The minimum atomic E-state index is -0.831. The lowest BCUT2D eigenvalue weighted by Gasteiger charge is -2.09. The zero-order chi connectivity index (χ0) is 17.7. The fourth-order valence-corrected chi connectivity index (χ4v) is 2.07. The van der Waals surface area contributed by atoms with Crippen molar-refractivity contribution in [1.82, 2.24) is 0 Å². The third kappa shape index (κ3) is 4.10. The summed E-state index contributed by atoms with van der Waals surface area (Å²) in [4.78, 5) is 12.1. The summed E-state index contributed by atoms with van der Waals surface area (Å²) < 4.78 is 36.8. The molecule has 2 aromatic rings. The Morgan fingerprint density at radius 3 is 2.38 bits per heavy atom. The van der Waals surface area contributed by atoms with E-state index in [-0.39, 0.29) is 5.69 Å². The molecule has 0 fully saturated rings. The van der Waals surface area contributed by atoms with Crippen LogP contribution in [0.5, 0.6) is 11.5 Å². The van der Waals surface area contributed by atoms with Gasteiger partial charge in [0.15, 0.2) is 11.5 Å². The van der Waals surface area contributed by atoms with E-state index in [0.29, 0.717) is 23.1 Å². The van der Waals surface area contributed by atoms with Gasteiger partial charge in [0, 0.05) is 11.6 Å². The van der Waals surface area contributed by atoms with E-state index in [0.717, 1.165) is 11.6 Å². The summed E-state index contributed by atoms with van der Waals surface area (Å²) in [7, 11) is 3.05. The topological polar surface area (TPSA) is 47.6 Å². The van der Waals surface area contributed by atoms with Gasteiger partial charge in [0.1, 0.15) is 11.6 Å². The lowest BCUT2D eigenvalue weighted by molar-refractivity contribution is -0.112. The Morgan fingerprint density at radius 2 is 1.75 bits per heavy atom. The summed E-state index contributed by atoms with van der Waals surface area (Å²) >= 11 is 0. The monoisotopic (exact) mass is 333 g/mol. The number of halogens is 2. The Hall–Kier alpha value is -2.89. The number of hydrogen-bond donors (Lipinski definition) is 1. The molecule has 0 atom stereocenters. The third-order valence-corrected chi connectivity index (χ3v) is 3.33. The van der Waals surface area contributed by atoms with Crippen LogP contribution in [0.1, 0.15) is 12.5 Å². The molecule has 2 aromatic carbocycles. The number of carbonyl (C=O) groups excluding carboxylic acids is 1. The maximum absolute atomic E-state index is 13.6. The average molecular weight is 333 g/mol. The van der Waals surface area contributed by atoms with Crippen LogP contribution in [0.3, 0.4) is 0 Å². The Labute approximate surface area is 138 Å². The molecule has 0 unspecified atom stereocenters. The molecule has 0 bridgehead atoms. The maximum atomic E-state index is 13.6. The van der Waals surface area contributed by atoms with Crippen molar-refractivity contribution >= 4 is 17.7 Å². The molecule has 0 aliphatic heterocycles. The van der Waals surface area contributed by atoms with E-state index < -0.39 is 17.5 Å². The zero-order valence-electron chi connectivity index (χ0n) is 13.5. The molecule has 2 rings (SSSR count). The number of anilines is 1. The molecule has 4 nitrogen and oxygen atoms in total. The molecule has 0 aliphatic carbocycles. The molecule has 0 radical (unpaired) electrons. The van der Waals surface area contributed by atoms with Crippen LogP contribution >= 0.6 is 0 Å². The fourth-order valence-electron chi connectivity index (χ4n) is 2.07. The van der Waals surface area contributed by atoms with Gasteiger partial charge in [-0.1, -0.05) is 6.07 Å². The molecule has 1 N–H and O–H groups in total. The van der Waals surface area contributed by atoms with Gasteiger partial charge in [-0.25, -0.2) is 8.78 Å². The van der Waals surface area contributed by atoms with Crippen LogP contribution in [0.2, 0.25) is 0 Å². The predicted molar refractivity (Wildman–Crippen MR) is 88.2 cm³/mol. The van der Waals surface area contributed by atoms with Crippen molar-refractivity contribution in [2.75, 3.05) is 19.5 Å². The zero-order valence-corrected chi connectivity index (χ0v) is 13.5. The highest BCUT2D eigenvalue weighted by molar-refractivity contribution is 6.06. The first-order valence-corrected chi connectivity index (χ1v) is 7.11. The van der Waals surface area contributed by atoms with Gasteiger partial charge in [0.2, 0.25) is 0 Å². The number of nitrogens with one attached hydrogen (secondary N) is 1. The van der Waals surface area contributed by atoms with E-state index in [9.17, 15) is 13.6 Å². The number of rotatable bonds is 5. The number of hydrogen-bond acceptors (Lipinski definition) is 3. The van der Waals surface area contributed by atoms with Crippen LogP contribution in [-0.2, 0) is 4.79 Å². The first-order valence-electron chi connectivity index (χ1n) is 7.11. The summed E-state index contributed by atoms with van der Waals surface area (Å²) in [5.74, 6) is -0.921. The fraction of sp³-hybridized carbons (Fsp3) is 0.167. The quantitative estimate of drug-likeness (QED) is 0.841. The second-order valence-electron chi connectivity index (χ2n) is 5.02. The molecule has 0 aliphatic rings. The summed E-state index contributed by atoms with van der Waals surface area (Å²) in [6.07, 6.45) is 1.62. The Balaban J connectivity index is 2.19. The summed E-state index contributed by atoms with van der Waals surface area (Å²) in [6, 6.07) is 8.15. The molecule has 0 saturated heterocycles. The summed E-state index contributed by atoms with van der Waals surface area (Å²) in [5, 5.41) is 2.40. The van der Waals surface area contributed by atoms with Crippen LogP contribution in [0.4, 0.5) is 14.5 Å². The van der Waals surface area contributed by atoms with Gasteiger partial charge >= 0.3 is 0 Å². The van der Waals surface area contributed by atoms with Gasteiger partial charge in [-0.05, 0) is 42.8 Å². The van der Waals surface area contributed by atoms with E-state index in [1.54, 1.807) is 31.2 Å². The largest absolute Gasteiger partial charge is 0.493 e. The molecule has 6 heteroatoms. The van der Waals surface area contributed by atoms with Crippen LogP contribution in [0, 0.1) is 11.6 Å².